The van der Waals surface area contributed by atoms with Gasteiger partial charge >= 0.3 is 35.5 Å². The van der Waals surface area contributed by atoms with E-state index < -0.39 is 17.9 Å². The second kappa shape index (κ2) is 6.97. The summed E-state index contributed by atoms with van der Waals surface area (Å²) in [5.74, 6) is -1.55. The zero-order valence-corrected chi connectivity index (χ0v) is 9.34. The maximum atomic E-state index is 10.3. The van der Waals surface area contributed by atoms with Gasteiger partial charge in [-0.1, -0.05) is 0 Å². The summed E-state index contributed by atoms with van der Waals surface area (Å²) in [4.78, 5) is 13.5. The Bertz CT molecular complexity index is 158. The minimum Gasteiger partial charge on any atom is -0.862 e. The largest absolute Gasteiger partial charge is 1.00 e. The molecule has 1 atom stereocenters. The van der Waals surface area contributed by atoms with Crippen molar-refractivity contribution in [2.24, 2.45) is 4.99 Å². The Morgan fingerprint density at radius 3 is 2.36 bits per heavy atom. The number of nitrogens with zero attached hydrogens (tertiary/aromatic N) is 1. The Morgan fingerprint density at radius 2 is 2.27 bits per heavy atom. The minimum absolute atomic E-state index is 0. The molecule has 0 aromatic rings. The molecule has 0 rings (SSSR count). The number of aliphatic carboxylic acids is 1. The molecule has 0 bridgehead atoms. The van der Waals surface area contributed by atoms with Crippen molar-refractivity contribution in [1.29, 1.82) is 0 Å². The monoisotopic (exact) mass is 185 g/mol. The maximum absolute atomic E-state index is 10.3. The van der Waals surface area contributed by atoms with Crippen LogP contribution in [0, 0.1) is 0 Å². The van der Waals surface area contributed by atoms with Crippen LogP contribution in [0.3, 0.4) is 0 Å². The summed E-state index contributed by atoms with van der Waals surface area (Å²) < 4.78 is 0. The molecule has 11 heavy (non-hydrogen) atoms. The summed E-state index contributed by atoms with van der Waals surface area (Å²) in [7, 11) is 0. The molecule has 0 amide bonds. The third-order valence-electron chi connectivity index (χ3n) is 0.796. The average molecular weight is 185 g/mol. The van der Waals surface area contributed by atoms with Gasteiger partial charge in [-0.05, 0) is 12.8 Å². The molecule has 0 aliphatic carbocycles. The van der Waals surface area contributed by atoms with Gasteiger partial charge in [0, 0.05) is 5.75 Å². The van der Waals surface area contributed by atoms with E-state index in [0.29, 0.717) is 0 Å². The molecule has 0 aromatic heterocycles. The second-order valence-electron chi connectivity index (χ2n) is 1.68. The first-order chi connectivity index (χ1) is 4.57. The minimum atomic E-state index is -1.12. The van der Waals surface area contributed by atoms with Gasteiger partial charge in [0.25, 0.3) is 0 Å². The van der Waals surface area contributed by atoms with E-state index in [1.807, 2.05) is 0 Å². The number of carbonyl (C=O) groups is 1. The molecule has 0 saturated heterocycles. The molecular formula is C5H8NNaO3S. The van der Waals surface area contributed by atoms with Crippen LogP contribution in [0.2, 0.25) is 0 Å². The summed E-state index contributed by atoms with van der Waals surface area (Å²) in [6.07, 6.45) is 0. The SMILES string of the molecule is CC([O-])=N[C@@H](CS)C(=O)O.[Na+]. The molecule has 0 saturated carbocycles. The predicted molar refractivity (Wildman–Crippen MR) is 38.4 cm³/mol. The zero-order chi connectivity index (χ0) is 8.15. The third kappa shape index (κ3) is 6.68. The summed E-state index contributed by atoms with van der Waals surface area (Å²) >= 11 is 3.70. The van der Waals surface area contributed by atoms with Crippen molar-refractivity contribution >= 4 is 24.5 Å². The van der Waals surface area contributed by atoms with Gasteiger partial charge in [0.2, 0.25) is 0 Å². The van der Waals surface area contributed by atoms with Crippen molar-refractivity contribution < 1.29 is 44.6 Å². The van der Waals surface area contributed by atoms with Crippen LogP contribution in [-0.2, 0) is 4.79 Å². The Labute approximate surface area is 92.4 Å². The van der Waals surface area contributed by atoms with Gasteiger partial charge in [0.1, 0.15) is 0 Å². The number of carboxylic acids is 1. The molecular weight excluding hydrogens is 177 g/mol. The number of hydrogen-bond acceptors (Lipinski definition) is 4. The molecule has 4 nitrogen and oxygen atoms in total. The molecule has 6 heteroatoms. The molecule has 0 fully saturated rings. The van der Waals surface area contributed by atoms with Crippen molar-refractivity contribution in [3.63, 3.8) is 0 Å². The molecule has 0 radical (unpaired) electrons. The van der Waals surface area contributed by atoms with Crippen LogP contribution in [-0.4, -0.2) is 28.8 Å². The van der Waals surface area contributed by atoms with E-state index in [1.165, 1.54) is 6.92 Å². The van der Waals surface area contributed by atoms with Gasteiger partial charge in [0.05, 0.1) is 0 Å². The molecule has 0 unspecified atom stereocenters. The summed E-state index contributed by atoms with van der Waals surface area (Å²) in [5.41, 5.74) is 0. The normalized spacial score (nSPS) is 13.5. The molecule has 1 N–H and O–H groups in total. The first-order valence-electron chi connectivity index (χ1n) is 2.63. The molecule has 58 valence electrons. The number of thiol groups is 1. The fourth-order valence-electron chi connectivity index (χ4n) is 0.394. The summed E-state index contributed by atoms with van der Waals surface area (Å²) in [6.45, 7) is 1.21. The third-order valence-corrected chi connectivity index (χ3v) is 1.14. The van der Waals surface area contributed by atoms with Crippen LogP contribution in [0.25, 0.3) is 0 Å². The quantitative estimate of drug-likeness (QED) is 0.205. The Balaban J connectivity index is 0. The van der Waals surface area contributed by atoms with E-state index in [1.54, 1.807) is 0 Å². The average Bonchev–Trinajstić information content (AvgIpc) is 1.81. The molecule has 0 heterocycles. The van der Waals surface area contributed by atoms with Gasteiger partial charge in [-0.3, -0.25) is 4.99 Å². The van der Waals surface area contributed by atoms with E-state index in [0.717, 1.165) is 0 Å². The number of aliphatic imine (C=N–C) groups is 1. The fraction of sp³-hybridized carbons (Fsp3) is 0.600. The van der Waals surface area contributed by atoms with Crippen molar-refractivity contribution in [2.75, 3.05) is 5.75 Å². The Hall–Kier alpha value is 0.290. The molecule has 0 aromatic carbocycles. The van der Waals surface area contributed by atoms with Crippen LogP contribution >= 0.6 is 12.6 Å². The van der Waals surface area contributed by atoms with Crippen LogP contribution in [0.1, 0.15) is 6.92 Å². The Kier molecular flexibility index (Phi) is 8.77. The first kappa shape index (κ1) is 13.9. The summed E-state index contributed by atoms with van der Waals surface area (Å²) in [6, 6.07) is -0.999. The Morgan fingerprint density at radius 1 is 1.82 bits per heavy atom. The van der Waals surface area contributed by atoms with E-state index >= 15 is 0 Å². The zero-order valence-electron chi connectivity index (χ0n) is 6.44. The van der Waals surface area contributed by atoms with E-state index in [4.69, 9.17) is 5.11 Å². The number of hydrogen-bond donors (Lipinski definition) is 2. The topological polar surface area (TPSA) is 72.7 Å². The standard InChI is InChI=1S/C5H9NO3S.Na/c1-3(7)6-4(2-10)5(8)9;/h4,10H,2H2,1H3,(H,6,7)(H,8,9);/q;+1/p-1/t4-;/m0./s1. The van der Waals surface area contributed by atoms with Crippen LogP contribution in [0.4, 0.5) is 0 Å². The van der Waals surface area contributed by atoms with E-state index in [-0.39, 0.29) is 35.3 Å². The van der Waals surface area contributed by atoms with Gasteiger partial charge in [-0.15, -0.1) is 0 Å². The van der Waals surface area contributed by atoms with Gasteiger partial charge < -0.3 is 10.2 Å². The predicted octanol–water partition coefficient (Wildman–Crippen LogP) is -3.85. The van der Waals surface area contributed by atoms with Gasteiger partial charge in [-0.25, -0.2) is 4.79 Å². The van der Waals surface area contributed by atoms with Crippen molar-refractivity contribution in [2.45, 2.75) is 13.0 Å². The van der Waals surface area contributed by atoms with Gasteiger partial charge in [-0.2, -0.15) is 12.6 Å². The number of rotatable bonds is 3. The van der Waals surface area contributed by atoms with E-state index in [9.17, 15) is 9.90 Å². The smallest absolute Gasteiger partial charge is 0.862 e. The van der Waals surface area contributed by atoms with Crippen LogP contribution < -0.4 is 34.7 Å². The van der Waals surface area contributed by atoms with Gasteiger partial charge in [0.15, 0.2) is 6.04 Å². The van der Waals surface area contributed by atoms with Crippen molar-refractivity contribution in [3.05, 3.63) is 0 Å². The molecule has 0 aliphatic heterocycles. The van der Waals surface area contributed by atoms with E-state index in [2.05, 4.69) is 17.6 Å². The first-order valence-corrected chi connectivity index (χ1v) is 3.26. The van der Waals surface area contributed by atoms with Crippen LogP contribution in [0.15, 0.2) is 4.99 Å². The summed E-state index contributed by atoms with van der Waals surface area (Å²) in [5, 5.41) is 18.6. The number of carboxylic acid groups (broad SMARTS) is 1. The second-order valence-corrected chi connectivity index (χ2v) is 2.05. The fourth-order valence-corrected chi connectivity index (χ4v) is 0.631. The molecule has 0 spiro atoms. The molecule has 0 aliphatic rings. The van der Waals surface area contributed by atoms with Crippen molar-refractivity contribution in [3.8, 4) is 0 Å². The maximum Gasteiger partial charge on any atom is 1.00 e. The van der Waals surface area contributed by atoms with Crippen LogP contribution in [0.5, 0.6) is 0 Å². The van der Waals surface area contributed by atoms with Crippen molar-refractivity contribution in [1.82, 2.24) is 0 Å².